The van der Waals surface area contributed by atoms with Gasteiger partial charge in [0.1, 0.15) is 5.56 Å². The molecule has 0 aliphatic heterocycles. The molecule has 0 aromatic heterocycles. The van der Waals surface area contributed by atoms with E-state index in [4.69, 9.17) is 5.26 Å². The molecule has 0 aliphatic rings. The summed E-state index contributed by atoms with van der Waals surface area (Å²) in [5.74, 6) is 0. The Hall–Kier alpha value is -2.10. The van der Waals surface area contributed by atoms with Crippen molar-refractivity contribution in [3.8, 4) is 6.07 Å². The van der Waals surface area contributed by atoms with Gasteiger partial charge < -0.3 is 0 Å². The summed E-state index contributed by atoms with van der Waals surface area (Å²) in [6, 6.07) is 4.39. The average molecular weight is 230 g/mol. The van der Waals surface area contributed by atoms with Gasteiger partial charge in [-0.05, 0) is 6.07 Å². The van der Waals surface area contributed by atoms with Gasteiger partial charge in [-0.1, -0.05) is 12.1 Å². The highest BCUT2D eigenvalue weighted by atomic mass is 19.4. The Bertz CT molecular complexity index is 463. The molecule has 1 rings (SSSR count). The van der Waals surface area contributed by atoms with Crippen molar-refractivity contribution in [3.63, 3.8) is 0 Å². The smallest absolute Gasteiger partial charge is 0.258 e. The first-order chi connectivity index (χ1) is 7.38. The average Bonchev–Trinajstić information content (AvgIpc) is 2.16. The first-order valence-electron chi connectivity index (χ1n) is 4.08. The van der Waals surface area contributed by atoms with Gasteiger partial charge in [-0.3, -0.25) is 10.1 Å². The van der Waals surface area contributed by atoms with Gasteiger partial charge in [0.15, 0.2) is 0 Å². The summed E-state index contributed by atoms with van der Waals surface area (Å²) in [6.45, 7) is 0. The number of rotatable bonds is 2. The van der Waals surface area contributed by atoms with Crippen molar-refractivity contribution in [3.05, 3.63) is 39.4 Å². The molecular formula is C9H5F3N2O2. The maximum Gasteiger partial charge on any atom is 0.423 e. The maximum atomic E-state index is 12.4. The zero-order valence-electron chi connectivity index (χ0n) is 7.78. The third-order valence-corrected chi connectivity index (χ3v) is 1.88. The standard InChI is InChI=1S/C9H5F3N2O2/c10-9(11,12)7-3-1-2-6(4-5-13)8(7)14(15)16/h1-3H,4H2. The lowest BCUT2D eigenvalue weighted by atomic mass is 10.0. The predicted molar refractivity (Wildman–Crippen MR) is 47.4 cm³/mol. The van der Waals surface area contributed by atoms with Crippen LogP contribution >= 0.6 is 0 Å². The van der Waals surface area contributed by atoms with Crippen LogP contribution in [-0.2, 0) is 12.6 Å². The third kappa shape index (κ3) is 2.28. The monoisotopic (exact) mass is 230 g/mol. The number of benzene rings is 1. The molecule has 0 aliphatic carbocycles. The second-order valence-electron chi connectivity index (χ2n) is 2.90. The highest BCUT2D eigenvalue weighted by Crippen LogP contribution is 2.37. The van der Waals surface area contributed by atoms with Crippen LogP contribution in [0.4, 0.5) is 18.9 Å². The SMILES string of the molecule is N#CCc1cccc(C(F)(F)F)c1[N+](=O)[O-]. The molecule has 0 spiro atoms. The van der Waals surface area contributed by atoms with E-state index in [1.54, 1.807) is 6.07 Å². The van der Waals surface area contributed by atoms with Crippen LogP contribution in [0, 0.1) is 21.4 Å². The van der Waals surface area contributed by atoms with Gasteiger partial charge in [0.25, 0.3) is 5.69 Å². The molecule has 0 radical (unpaired) electrons. The van der Waals surface area contributed by atoms with Crippen molar-refractivity contribution in [1.82, 2.24) is 0 Å². The lowest BCUT2D eigenvalue weighted by Gasteiger charge is -2.08. The second-order valence-corrected chi connectivity index (χ2v) is 2.90. The fourth-order valence-electron chi connectivity index (χ4n) is 1.26. The molecular weight excluding hydrogens is 225 g/mol. The van der Waals surface area contributed by atoms with E-state index >= 15 is 0 Å². The number of alkyl halides is 3. The topological polar surface area (TPSA) is 66.9 Å². The van der Waals surface area contributed by atoms with Crippen LogP contribution in [-0.4, -0.2) is 4.92 Å². The number of hydrogen-bond donors (Lipinski definition) is 0. The number of halogens is 3. The molecule has 0 bridgehead atoms. The van der Waals surface area contributed by atoms with E-state index in [9.17, 15) is 23.3 Å². The van der Waals surface area contributed by atoms with Crippen LogP contribution in [0.1, 0.15) is 11.1 Å². The van der Waals surface area contributed by atoms with Crippen molar-refractivity contribution >= 4 is 5.69 Å². The normalized spacial score (nSPS) is 10.9. The minimum atomic E-state index is -4.80. The Morgan fingerprint density at radius 1 is 1.44 bits per heavy atom. The lowest BCUT2D eigenvalue weighted by molar-refractivity contribution is -0.388. The molecule has 0 unspecified atom stereocenters. The Morgan fingerprint density at radius 2 is 2.06 bits per heavy atom. The molecule has 0 amide bonds. The zero-order chi connectivity index (χ0) is 12.3. The Kier molecular flexibility index (Phi) is 3.13. The van der Waals surface area contributed by atoms with Crippen LogP contribution in [0.15, 0.2) is 18.2 Å². The predicted octanol–water partition coefficient (Wildman–Crippen LogP) is 2.68. The molecule has 1 aromatic carbocycles. The molecule has 0 N–H and O–H groups in total. The van der Waals surface area contributed by atoms with Gasteiger partial charge in [-0.25, -0.2) is 0 Å². The number of nitrogens with zero attached hydrogens (tertiary/aromatic N) is 2. The van der Waals surface area contributed by atoms with Gasteiger partial charge in [-0.2, -0.15) is 18.4 Å². The fourth-order valence-corrected chi connectivity index (χ4v) is 1.26. The summed E-state index contributed by atoms with van der Waals surface area (Å²) >= 11 is 0. The van der Waals surface area contributed by atoms with Gasteiger partial charge in [0, 0.05) is 5.56 Å². The molecule has 0 fully saturated rings. The molecule has 0 saturated carbocycles. The van der Waals surface area contributed by atoms with Gasteiger partial charge in [0.2, 0.25) is 0 Å². The summed E-state index contributed by atoms with van der Waals surface area (Å²) in [5, 5.41) is 18.9. The Balaban J connectivity index is 3.46. The summed E-state index contributed by atoms with van der Waals surface area (Å²) < 4.78 is 37.3. The van der Waals surface area contributed by atoms with Gasteiger partial charge in [0.05, 0.1) is 17.4 Å². The molecule has 4 nitrogen and oxygen atoms in total. The van der Waals surface area contributed by atoms with Gasteiger partial charge >= 0.3 is 6.18 Å². The number of nitro groups is 1. The Morgan fingerprint density at radius 3 is 2.50 bits per heavy atom. The molecule has 84 valence electrons. The van der Waals surface area contributed by atoms with Crippen LogP contribution in [0.3, 0.4) is 0 Å². The molecule has 0 atom stereocenters. The first kappa shape index (κ1) is 12.0. The molecule has 0 saturated heterocycles. The quantitative estimate of drug-likeness (QED) is 0.579. The number of nitriles is 1. The zero-order valence-corrected chi connectivity index (χ0v) is 7.78. The lowest BCUT2D eigenvalue weighted by Crippen LogP contribution is -2.10. The van der Waals surface area contributed by atoms with Crippen LogP contribution in [0.25, 0.3) is 0 Å². The van der Waals surface area contributed by atoms with E-state index in [0.29, 0.717) is 6.07 Å². The minimum absolute atomic E-state index is 0.234. The maximum absolute atomic E-state index is 12.4. The van der Waals surface area contributed by atoms with E-state index in [-0.39, 0.29) is 5.56 Å². The highest BCUT2D eigenvalue weighted by molar-refractivity contribution is 5.50. The van der Waals surface area contributed by atoms with E-state index in [2.05, 4.69) is 0 Å². The van der Waals surface area contributed by atoms with Crippen molar-refractivity contribution in [1.29, 1.82) is 5.26 Å². The number of para-hydroxylation sites is 1. The van der Waals surface area contributed by atoms with E-state index < -0.39 is 28.8 Å². The number of hydrogen-bond acceptors (Lipinski definition) is 3. The number of nitro benzene ring substituents is 1. The highest BCUT2D eigenvalue weighted by Gasteiger charge is 2.39. The molecule has 16 heavy (non-hydrogen) atoms. The summed E-state index contributed by atoms with van der Waals surface area (Å²) in [4.78, 5) is 9.44. The van der Waals surface area contributed by atoms with Crippen LogP contribution in [0.2, 0.25) is 0 Å². The molecule has 0 heterocycles. The van der Waals surface area contributed by atoms with Crippen molar-refractivity contribution in [2.24, 2.45) is 0 Å². The summed E-state index contributed by atoms with van der Waals surface area (Å²) in [7, 11) is 0. The summed E-state index contributed by atoms with van der Waals surface area (Å²) in [5.41, 5.74) is -2.61. The molecule has 7 heteroatoms. The van der Waals surface area contributed by atoms with Crippen molar-refractivity contribution < 1.29 is 18.1 Å². The third-order valence-electron chi connectivity index (χ3n) is 1.88. The molecule has 1 aromatic rings. The van der Waals surface area contributed by atoms with E-state index in [1.807, 2.05) is 0 Å². The second kappa shape index (κ2) is 4.18. The fraction of sp³-hybridized carbons (Fsp3) is 0.222. The Labute approximate surface area is 88.1 Å². The van der Waals surface area contributed by atoms with E-state index in [1.165, 1.54) is 0 Å². The van der Waals surface area contributed by atoms with Crippen molar-refractivity contribution in [2.45, 2.75) is 12.6 Å². The first-order valence-corrected chi connectivity index (χ1v) is 4.08. The largest absolute Gasteiger partial charge is 0.423 e. The van der Waals surface area contributed by atoms with Crippen molar-refractivity contribution in [2.75, 3.05) is 0 Å². The van der Waals surface area contributed by atoms with Gasteiger partial charge in [-0.15, -0.1) is 0 Å². The minimum Gasteiger partial charge on any atom is -0.258 e. The van der Waals surface area contributed by atoms with Crippen LogP contribution in [0.5, 0.6) is 0 Å². The van der Waals surface area contributed by atoms with Crippen LogP contribution < -0.4 is 0 Å². The summed E-state index contributed by atoms with van der Waals surface area (Å²) in [6.07, 6.45) is -5.23. The van der Waals surface area contributed by atoms with E-state index in [0.717, 1.165) is 12.1 Å².